The maximum atomic E-state index is 11.6. The monoisotopic (exact) mass is 295 g/mol. The van der Waals surface area contributed by atoms with Crippen LogP contribution in [0.25, 0.3) is 0 Å². The molecule has 6 nitrogen and oxygen atoms in total. The third-order valence-electron chi connectivity index (χ3n) is 2.76. The molecule has 0 aliphatic carbocycles. The highest BCUT2D eigenvalue weighted by Gasteiger charge is 2.12. The molecular formula is C15H21NO5. The van der Waals surface area contributed by atoms with E-state index in [-0.39, 0.29) is 18.3 Å². The molecule has 3 N–H and O–H groups in total. The van der Waals surface area contributed by atoms with Gasteiger partial charge in [0.15, 0.2) is 5.78 Å². The smallest absolute Gasteiger partial charge is 0.224 e. The lowest BCUT2D eigenvalue weighted by molar-refractivity contribution is -0.116. The van der Waals surface area contributed by atoms with Crippen LogP contribution in [0.3, 0.4) is 0 Å². The molecule has 1 aromatic rings. The number of hydrogen-bond donors (Lipinski definition) is 3. The summed E-state index contributed by atoms with van der Waals surface area (Å²) in [6, 6.07) is 4.72. The predicted molar refractivity (Wildman–Crippen MR) is 78.6 cm³/mol. The second-order valence-electron chi connectivity index (χ2n) is 4.71. The lowest BCUT2D eigenvalue weighted by atomic mass is 10.1. The van der Waals surface area contributed by atoms with Crippen LogP contribution in [0.2, 0.25) is 0 Å². The van der Waals surface area contributed by atoms with Crippen molar-refractivity contribution < 1.29 is 24.5 Å². The van der Waals surface area contributed by atoms with Gasteiger partial charge in [0.25, 0.3) is 0 Å². The number of carbonyl (C=O) groups excluding carboxylic acids is 2. The Labute approximate surface area is 123 Å². The molecule has 6 heteroatoms. The zero-order valence-corrected chi connectivity index (χ0v) is 12.3. The highest BCUT2D eigenvalue weighted by molar-refractivity contribution is 5.99. The van der Waals surface area contributed by atoms with Gasteiger partial charge in [0.05, 0.1) is 12.2 Å². The number of hydrogen-bond acceptors (Lipinski definition) is 5. The van der Waals surface area contributed by atoms with Crippen LogP contribution in [0.5, 0.6) is 5.75 Å². The van der Waals surface area contributed by atoms with Gasteiger partial charge in [-0.2, -0.15) is 0 Å². The summed E-state index contributed by atoms with van der Waals surface area (Å²) in [7, 11) is 0. The molecule has 21 heavy (non-hydrogen) atoms. The van der Waals surface area contributed by atoms with Gasteiger partial charge >= 0.3 is 0 Å². The minimum atomic E-state index is -1.01. The minimum absolute atomic E-state index is 0.113. The summed E-state index contributed by atoms with van der Waals surface area (Å²) in [4.78, 5) is 23.2. The van der Waals surface area contributed by atoms with E-state index in [1.807, 2.05) is 6.92 Å². The fourth-order valence-corrected chi connectivity index (χ4v) is 1.70. The molecule has 0 aliphatic heterocycles. The van der Waals surface area contributed by atoms with E-state index < -0.39 is 12.7 Å². The Hall–Kier alpha value is -1.92. The highest BCUT2D eigenvalue weighted by Crippen LogP contribution is 2.24. The Balaban J connectivity index is 2.86. The molecule has 116 valence electrons. The second-order valence-corrected chi connectivity index (χ2v) is 4.71. The third kappa shape index (κ3) is 5.53. The average Bonchev–Trinajstić information content (AvgIpc) is 2.45. The topological polar surface area (TPSA) is 95.9 Å². The van der Waals surface area contributed by atoms with Crippen molar-refractivity contribution >= 4 is 17.4 Å². The van der Waals surface area contributed by atoms with Crippen LogP contribution in [-0.2, 0) is 4.79 Å². The van der Waals surface area contributed by atoms with E-state index in [0.29, 0.717) is 23.4 Å². The number of ketones is 1. The zero-order valence-electron chi connectivity index (χ0n) is 12.3. The summed E-state index contributed by atoms with van der Waals surface area (Å²) in [5.74, 6) is -0.0186. The first kappa shape index (κ1) is 17.1. The molecule has 1 rings (SSSR count). The normalized spacial score (nSPS) is 11.8. The van der Waals surface area contributed by atoms with Crippen LogP contribution in [0.15, 0.2) is 18.2 Å². The zero-order chi connectivity index (χ0) is 15.8. The van der Waals surface area contributed by atoms with Gasteiger partial charge in [0, 0.05) is 12.1 Å². The van der Waals surface area contributed by atoms with E-state index >= 15 is 0 Å². The van der Waals surface area contributed by atoms with Crippen LogP contribution < -0.4 is 10.1 Å². The molecule has 1 unspecified atom stereocenters. The number of aliphatic hydroxyl groups excluding tert-OH is 2. The fraction of sp³-hybridized carbons (Fsp3) is 0.467. The Morgan fingerprint density at radius 1 is 1.38 bits per heavy atom. The number of benzene rings is 1. The van der Waals surface area contributed by atoms with Gasteiger partial charge < -0.3 is 20.3 Å². The van der Waals surface area contributed by atoms with Gasteiger partial charge in [-0.05, 0) is 31.5 Å². The van der Waals surface area contributed by atoms with E-state index in [9.17, 15) is 14.7 Å². The Morgan fingerprint density at radius 2 is 2.10 bits per heavy atom. The van der Waals surface area contributed by atoms with Crippen molar-refractivity contribution in [1.29, 1.82) is 0 Å². The fourth-order valence-electron chi connectivity index (χ4n) is 1.70. The molecule has 0 heterocycles. The van der Waals surface area contributed by atoms with Gasteiger partial charge in [-0.3, -0.25) is 9.59 Å². The van der Waals surface area contributed by atoms with Crippen molar-refractivity contribution in [3.05, 3.63) is 23.8 Å². The Kier molecular flexibility index (Phi) is 6.84. The highest BCUT2D eigenvalue weighted by atomic mass is 16.5. The molecule has 1 atom stereocenters. The molecule has 1 amide bonds. The number of anilines is 1. The van der Waals surface area contributed by atoms with Crippen molar-refractivity contribution in [2.75, 3.05) is 18.5 Å². The van der Waals surface area contributed by atoms with Crippen molar-refractivity contribution in [3.63, 3.8) is 0 Å². The number of Topliss-reactive ketones (excluding diaryl/α,β-unsaturated/α-hetero) is 1. The Bertz CT molecular complexity index is 501. The number of amides is 1. The number of nitrogens with one attached hydrogen (secondary N) is 1. The maximum Gasteiger partial charge on any atom is 0.224 e. The lowest BCUT2D eigenvalue weighted by Crippen LogP contribution is -2.22. The molecule has 0 saturated heterocycles. The van der Waals surface area contributed by atoms with Crippen LogP contribution in [0, 0.1) is 0 Å². The molecule has 0 bridgehead atoms. The molecule has 0 aromatic heterocycles. The SMILES string of the molecule is CCCC(=O)Nc1ccc(OCC(O)CO)c(C(C)=O)c1. The summed E-state index contributed by atoms with van der Waals surface area (Å²) in [6.45, 7) is 2.77. The summed E-state index contributed by atoms with van der Waals surface area (Å²) in [5, 5.41) is 20.7. The van der Waals surface area contributed by atoms with Crippen LogP contribution in [0.1, 0.15) is 37.0 Å². The quantitative estimate of drug-likeness (QED) is 0.629. The van der Waals surface area contributed by atoms with Crippen LogP contribution >= 0.6 is 0 Å². The molecule has 0 spiro atoms. The van der Waals surface area contributed by atoms with Gasteiger partial charge in [-0.1, -0.05) is 6.92 Å². The van der Waals surface area contributed by atoms with Gasteiger partial charge in [0.1, 0.15) is 18.5 Å². The van der Waals surface area contributed by atoms with Crippen LogP contribution in [0.4, 0.5) is 5.69 Å². The molecular weight excluding hydrogens is 274 g/mol. The Morgan fingerprint density at radius 3 is 2.67 bits per heavy atom. The van der Waals surface area contributed by atoms with E-state index in [0.717, 1.165) is 6.42 Å². The molecule has 1 aromatic carbocycles. The van der Waals surface area contributed by atoms with E-state index in [1.165, 1.54) is 13.0 Å². The summed E-state index contributed by atoms with van der Waals surface area (Å²) in [5.41, 5.74) is 0.836. The second kappa shape index (κ2) is 8.39. The van der Waals surface area contributed by atoms with Crippen molar-refractivity contribution in [2.45, 2.75) is 32.8 Å². The van der Waals surface area contributed by atoms with Crippen LogP contribution in [-0.4, -0.2) is 41.2 Å². The number of ether oxygens (including phenoxy) is 1. The molecule has 0 radical (unpaired) electrons. The van der Waals surface area contributed by atoms with E-state index in [4.69, 9.17) is 9.84 Å². The molecule has 0 fully saturated rings. The third-order valence-corrected chi connectivity index (χ3v) is 2.76. The average molecular weight is 295 g/mol. The first-order valence-electron chi connectivity index (χ1n) is 6.84. The first-order valence-corrected chi connectivity index (χ1v) is 6.84. The summed E-state index contributed by atoms with van der Waals surface area (Å²) < 4.78 is 5.32. The van der Waals surface area contributed by atoms with Crippen molar-refractivity contribution in [1.82, 2.24) is 0 Å². The number of aliphatic hydroxyl groups is 2. The lowest BCUT2D eigenvalue weighted by Gasteiger charge is -2.14. The van der Waals surface area contributed by atoms with Gasteiger partial charge in [-0.25, -0.2) is 0 Å². The maximum absolute atomic E-state index is 11.6. The first-order chi connectivity index (χ1) is 9.97. The van der Waals surface area contributed by atoms with Crippen molar-refractivity contribution in [3.8, 4) is 5.75 Å². The van der Waals surface area contributed by atoms with Gasteiger partial charge in [-0.15, -0.1) is 0 Å². The largest absolute Gasteiger partial charge is 0.490 e. The van der Waals surface area contributed by atoms with Crippen molar-refractivity contribution in [2.24, 2.45) is 0 Å². The standard InChI is InChI=1S/C15H21NO5/c1-3-4-15(20)16-11-5-6-14(13(7-11)10(2)18)21-9-12(19)8-17/h5-7,12,17,19H,3-4,8-9H2,1-2H3,(H,16,20). The van der Waals surface area contributed by atoms with E-state index in [1.54, 1.807) is 12.1 Å². The number of carbonyl (C=O) groups is 2. The minimum Gasteiger partial charge on any atom is -0.490 e. The molecule has 0 saturated carbocycles. The summed E-state index contributed by atoms with van der Waals surface area (Å²) in [6.07, 6.45) is 0.149. The molecule has 0 aliphatic rings. The summed E-state index contributed by atoms with van der Waals surface area (Å²) >= 11 is 0. The number of rotatable bonds is 8. The van der Waals surface area contributed by atoms with E-state index in [2.05, 4.69) is 5.32 Å². The van der Waals surface area contributed by atoms with Gasteiger partial charge in [0.2, 0.25) is 5.91 Å². The predicted octanol–water partition coefficient (Wildman–Crippen LogP) is 1.36.